The Hall–Kier alpha value is -0.990. The molecule has 0 aromatic heterocycles. The second-order valence-corrected chi connectivity index (χ2v) is 5.20. The van der Waals surface area contributed by atoms with Crippen LogP contribution in [-0.4, -0.2) is 37.5 Å². The van der Waals surface area contributed by atoms with Crippen LogP contribution in [0, 0.1) is 5.92 Å². The SMILES string of the molecule is C=CCCCCCN(C)C(=NCC1CC1)NCC. The molecule has 18 heavy (non-hydrogen) atoms. The summed E-state index contributed by atoms with van der Waals surface area (Å²) in [6.45, 7) is 8.93. The van der Waals surface area contributed by atoms with Crippen molar-refractivity contribution in [3.63, 3.8) is 0 Å². The number of nitrogens with zero attached hydrogens (tertiary/aromatic N) is 2. The molecular weight excluding hydrogens is 222 g/mol. The number of nitrogens with one attached hydrogen (secondary N) is 1. The van der Waals surface area contributed by atoms with Gasteiger partial charge in [0.05, 0.1) is 0 Å². The molecule has 3 nitrogen and oxygen atoms in total. The lowest BCUT2D eigenvalue weighted by molar-refractivity contribution is 0.455. The van der Waals surface area contributed by atoms with Gasteiger partial charge >= 0.3 is 0 Å². The molecule has 0 saturated heterocycles. The Morgan fingerprint density at radius 3 is 2.78 bits per heavy atom. The summed E-state index contributed by atoms with van der Waals surface area (Å²) in [5, 5.41) is 3.38. The van der Waals surface area contributed by atoms with Crippen LogP contribution in [-0.2, 0) is 0 Å². The molecule has 0 unspecified atom stereocenters. The third-order valence-corrected chi connectivity index (χ3v) is 3.29. The van der Waals surface area contributed by atoms with Crippen LogP contribution < -0.4 is 5.32 Å². The Morgan fingerprint density at radius 1 is 1.39 bits per heavy atom. The van der Waals surface area contributed by atoms with Crippen LogP contribution in [0.3, 0.4) is 0 Å². The van der Waals surface area contributed by atoms with Crippen molar-refractivity contribution in [1.82, 2.24) is 10.2 Å². The molecule has 0 spiro atoms. The van der Waals surface area contributed by atoms with Gasteiger partial charge in [-0.2, -0.15) is 0 Å². The molecule has 1 rings (SSSR count). The van der Waals surface area contributed by atoms with Crippen LogP contribution in [0.25, 0.3) is 0 Å². The molecule has 0 radical (unpaired) electrons. The quantitative estimate of drug-likeness (QED) is 0.295. The van der Waals surface area contributed by atoms with Crippen LogP contribution in [0.15, 0.2) is 17.6 Å². The molecule has 0 aromatic rings. The zero-order valence-electron chi connectivity index (χ0n) is 12.1. The molecule has 3 heteroatoms. The zero-order chi connectivity index (χ0) is 13.2. The molecule has 1 aliphatic carbocycles. The van der Waals surface area contributed by atoms with Crippen molar-refractivity contribution in [1.29, 1.82) is 0 Å². The van der Waals surface area contributed by atoms with Gasteiger partial charge < -0.3 is 10.2 Å². The van der Waals surface area contributed by atoms with Gasteiger partial charge in [0.2, 0.25) is 0 Å². The Kier molecular flexibility index (Phi) is 7.54. The number of hydrogen-bond acceptors (Lipinski definition) is 1. The molecule has 0 amide bonds. The van der Waals surface area contributed by atoms with Gasteiger partial charge in [-0.15, -0.1) is 6.58 Å². The van der Waals surface area contributed by atoms with Crippen molar-refractivity contribution in [3.8, 4) is 0 Å². The van der Waals surface area contributed by atoms with Crippen molar-refractivity contribution in [3.05, 3.63) is 12.7 Å². The van der Waals surface area contributed by atoms with E-state index < -0.39 is 0 Å². The van der Waals surface area contributed by atoms with Gasteiger partial charge in [0.25, 0.3) is 0 Å². The minimum Gasteiger partial charge on any atom is -0.357 e. The smallest absolute Gasteiger partial charge is 0.193 e. The van der Waals surface area contributed by atoms with Gasteiger partial charge in [0, 0.05) is 26.7 Å². The Bertz CT molecular complexity index is 256. The van der Waals surface area contributed by atoms with Gasteiger partial charge in [-0.3, -0.25) is 4.99 Å². The fraction of sp³-hybridized carbons (Fsp3) is 0.800. The highest BCUT2D eigenvalue weighted by atomic mass is 15.3. The largest absolute Gasteiger partial charge is 0.357 e. The summed E-state index contributed by atoms with van der Waals surface area (Å²) in [5.74, 6) is 1.94. The maximum atomic E-state index is 4.71. The van der Waals surface area contributed by atoms with Gasteiger partial charge in [-0.05, 0) is 44.9 Å². The summed E-state index contributed by atoms with van der Waals surface area (Å²) >= 11 is 0. The fourth-order valence-electron chi connectivity index (χ4n) is 1.91. The minimum atomic E-state index is 0.861. The van der Waals surface area contributed by atoms with E-state index in [0.29, 0.717) is 0 Å². The molecule has 0 aliphatic heterocycles. The van der Waals surface area contributed by atoms with Gasteiger partial charge in [0.1, 0.15) is 0 Å². The van der Waals surface area contributed by atoms with Crippen LogP contribution in [0.4, 0.5) is 0 Å². The topological polar surface area (TPSA) is 27.6 Å². The molecule has 1 N–H and O–H groups in total. The molecule has 1 aliphatic rings. The molecule has 1 saturated carbocycles. The van der Waals surface area contributed by atoms with Crippen molar-refractivity contribution in [2.45, 2.75) is 45.4 Å². The highest BCUT2D eigenvalue weighted by Crippen LogP contribution is 2.28. The molecule has 0 aromatic carbocycles. The first-order valence-corrected chi connectivity index (χ1v) is 7.38. The van der Waals surface area contributed by atoms with E-state index in [1.807, 2.05) is 6.08 Å². The standard InChI is InChI=1S/C15H29N3/c1-4-6-7-8-9-12-18(3)15(16-5-2)17-13-14-10-11-14/h4,14H,1,5-13H2,2-3H3,(H,16,17). The minimum absolute atomic E-state index is 0.861. The monoisotopic (exact) mass is 251 g/mol. The number of aliphatic imine (C=N–C) groups is 1. The lowest BCUT2D eigenvalue weighted by Gasteiger charge is -2.22. The van der Waals surface area contributed by atoms with Gasteiger partial charge in [-0.1, -0.05) is 12.5 Å². The summed E-state index contributed by atoms with van der Waals surface area (Å²) in [7, 11) is 2.14. The first kappa shape index (κ1) is 15.1. The van der Waals surface area contributed by atoms with Crippen LogP contribution in [0.1, 0.15) is 45.4 Å². The van der Waals surface area contributed by atoms with E-state index in [-0.39, 0.29) is 0 Å². The van der Waals surface area contributed by atoms with Gasteiger partial charge in [-0.25, -0.2) is 0 Å². The zero-order valence-corrected chi connectivity index (χ0v) is 12.1. The molecule has 1 fully saturated rings. The normalized spacial score (nSPS) is 15.6. The number of hydrogen-bond donors (Lipinski definition) is 1. The summed E-state index contributed by atoms with van der Waals surface area (Å²) in [6, 6.07) is 0. The third-order valence-electron chi connectivity index (χ3n) is 3.29. The second kappa shape index (κ2) is 9.01. The third kappa shape index (κ3) is 6.67. The predicted molar refractivity (Wildman–Crippen MR) is 80.0 cm³/mol. The summed E-state index contributed by atoms with van der Waals surface area (Å²) < 4.78 is 0. The van der Waals surface area contributed by atoms with E-state index in [0.717, 1.165) is 37.9 Å². The van der Waals surface area contributed by atoms with E-state index >= 15 is 0 Å². The highest BCUT2D eigenvalue weighted by molar-refractivity contribution is 5.79. The van der Waals surface area contributed by atoms with Gasteiger partial charge in [0.15, 0.2) is 5.96 Å². The van der Waals surface area contributed by atoms with E-state index in [1.54, 1.807) is 0 Å². The average molecular weight is 251 g/mol. The highest BCUT2D eigenvalue weighted by Gasteiger charge is 2.21. The Morgan fingerprint density at radius 2 is 2.17 bits per heavy atom. The molecule has 0 heterocycles. The van der Waals surface area contributed by atoms with E-state index in [2.05, 4.69) is 30.8 Å². The average Bonchev–Trinajstić information content (AvgIpc) is 3.18. The van der Waals surface area contributed by atoms with E-state index in [9.17, 15) is 0 Å². The Labute approximate surface area is 112 Å². The molecule has 0 bridgehead atoms. The Balaban J connectivity index is 2.22. The maximum absolute atomic E-state index is 4.71. The number of unbranched alkanes of at least 4 members (excludes halogenated alkanes) is 3. The lowest BCUT2D eigenvalue weighted by Crippen LogP contribution is -2.39. The summed E-state index contributed by atoms with van der Waals surface area (Å²) in [5.41, 5.74) is 0. The molecule has 104 valence electrons. The number of guanidine groups is 1. The first-order valence-electron chi connectivity index (χ1n) is 7.38. The molecular formula is C15H29N3. The van der Waals surface area contributed by atoms with Crippen LogP contribution >= 0.6 is 0 Å². The van der Waals surface area contributed by atoms with Crippen molar-refractivity contribution >= 4 is 5.96 Å². The predicted octanol–water partition coefficient (Wildman–Crippen LogP) is 3.04. The lowest BCUT2D eigenvalue weighted by atomic mass is 10.2. The second-order valence-electron chi connectivity index (χ2n) is 5.20. The van der Waals surface area contributed by atoms with Crippen LogP contribution in [0.5, 0.6) is 0 Å². The van der Waals surface area contributed by atoms with Crippen molar-refractivity contribution < 1.29 is 0 Å². The molecule has 0 atom stereocenters. The fourth-order valence-corrected chi connectivity index (χ4v) is 1.91. The van der Waals surface area contributed by atoms with E-state index in [1.165, 1.54) is 32.1 Å². The summed E-state index contributed by atoms with van der Waals surface area (Å²) in [4.78, 5) is 6.97. The number of rotatable bonds is 9. The summed E-state index contributed by atoms with van der Waals surface area (Å²) in [6.07, 6.45) is 9.65. The maximum Gasteiger partial charge on any atom is 0.193 e. The number of allylic oxidation sites excluding steroid dienone is 1. The van der Waals surface area contributed by atoms with E-state index in [4.69, 9.17) is 4.99 Å². The first-order chi connectivity index (χ1) is 8.77. The van der Waals surface area contributed by atoms with Crippen molar-refractivity contribution in [2.24, 2.45) is 10.9 Å². The van der Waals surface area contributed by atoms with Crippen molar-refractivity contribution in [2.75, 3.05) is 26.7 Å². The van der Waals surface area contributed by atoms with Crippen LogP contribution in [0.2, 0.25) is 0 Å².